The van der Waals surface area contributed by atoms with Gasteiger partial charge in [0.25, 0.3) is 0 Å². The topological polar surface area (TPSA) is 38.0 Å². The molecule has 0 spiro atoms. The maximum atomic E-state index is 12.8. The molecule has 1 aliphatic rings. The van der Waals surface area contributed by atoms with E-state index < -0.39 is 11.7 Å². The van der Waals surface area contributed by atoms with Crippen LogP contribution in [0.5, 0.6) is 0 Å². The molecule has 1 aromatic rings. The van der Waals surface area contributed by atoms with Gasteiger partial charge in [0, 0.05) is 6.04 Å². The Bertz CT molecular complexity index is 445. The third-order valence-electron chi connectivity index (χ3n) is 4.38. The van der Waals surface area contributed by atoms with E-state index in [0.29, 0.717) is 17.4 Å². The van der Waals surface area contributed by atoms with Gasteiger partial charge < -0.3 is 0 Å². The first-order chi connectivity index (χ1) is 9.45. The van der Waals surface area contributed by atoms with E-state index in [4.69, 9.17) is 5.84 Å². The molecule has 3 atom stereocenters. The van der Waals surface area contributed by atoms with Crippen LogP contribution in [0.3, 0.4) is 0 Å². The number of nitrogens with one attached hydrogen (secondary N) is 1. The molecule has 112 valence electrons. The maximum Gasteiger partial charge on any atom is 0.416 e. The van der Waals surface area contributed by atoms with Crippen molar-refractivity contribution in [1.29, 1.82) is 0 Å². The number of alkyl halides is 3. The van der Waals surface area contributed by atoms with Gasteiger partial charge >= 0.3 is 6.18 Å². The van der Waals surface area contributed by atoms with E-state index in [0.717, 1.165) is 31.7 Å². The van der Waals surface area contributed by atoms with Crippen LogP contribution in [0, 0.1) is 11.8 Å². The molecule has 0 bridgehead atoms. The predicted molar refractivity (Wildman–Crippen MR) is 72.6 cm³/mol. The molecule has 3 N–H and O–H groups in total. The van der Waals surface area contributed by atoms with Crippen LogP contribution in [0.2, 0.25) is 0 Å². The highest BCUT2D eigenvalue weighted by molar-refractivity contribution is 5.28. The fourth-order valence-electron chi connectivity index (χ4n) is 3.20. The predicted octanol–water partition coefficient (Wildman–Crippen LogP) is 4.04. The lowest BCUT2D eigenvalue weighted by atomic mass is 9.90. The minimum atomic E-state index is -4.31. The van der Waals surface area contributed by atoms with Crippen molar-refractivity contribution in [3.63, 3.8) is 0 Å². The molecule has 5 heteroatoms. The molecule has 0 amide bonds. The Labute approximate surface area is 117 Å². The number of hydrogen-bond donors (Lipinski definition) is 2. The molecule has 0 aliphatic heterocycles. The molecule has 2 nitrogen and oxygen atoms in total. The number of rotatable bonds is 4. The Morgan fingerprint density at radius 2 is 2.10 bits per heavy atom. The van der Waals surface area contributed by atoms with Crippen LogP contribution in [0.25, 0.3) is 0 Å². The van der Waals surface area contributed by atoms with Gasteiger partial charge in [-0.1, -0.05) is 31.9 Å². The molecule has 2 rings (SSSR count). The van der Waals surface area contributed by atoms with Crippen LogP contribution < -0.4 is 11.3 Å². The fourth-order valence-corrected chi connectivity index (χ4v) is 3.20. The highest BCUT2D eigenvalue weighted by Gasteiger charge is 2.33. The van der Waals surface area contributed by atoms with Gasteiger partial charge in [-0.3, -0.25) is 11.3 Å². The summed E-state index contributed by atoms with van der Waals surface area (Å²) in [6.45, 7) is 2.15. The van der Waals surface area contributed by atoms with Gasteiger partial charge in [0.1, 0.15) is 0 Å². The van der Waals surface area contributed by atoms with E-state index in [-0.39, 0.29) is 6.04 Å². The number of benzene rings is 1. The SMILES string of the molecule is CCC1CCC(C(NN)c2cccc(C(F)(F)F)c2)C1. The van der Waals surface area contributed by atoms with Crippen molar-refractivity contribution in [2.75, 3.05) is 0 Å². The highest BCUT2D eigenvalue weighted by Crippen LogP contribution is 2.41. The smallest absolute Gasteiger partial charge is 0.271 e. The average molecular weight is 286 g/mol. The van der Waals surface area contributed by atoms with Gasteiger partial charge in [-0.2, -0.15) is 13.2 Å². The summed E-state index contributed by atoms with van der Waals surface area (Å²) in [4.78, 5) is 0. The average Bonchev–Trinajstić information content (AvgIpc) is 2.88. The lowest BCUT2D eigenvalue weighted by molar-refractivity contribution is -0.137. The zero-order valence-electron chi connectivity index (χ0n) is 11.6. The quantitative estimate of drug-likeness (QED) is 0.647. The van der Waals surface area contributed by atoms with E-state index in [2.05, 4.69) is 12.3 Å². The van der Waals surface area contributed by atoms with Gasteiger partial charge in [0.15, 0.2) is 0 Å². The molecule has 0 aromatic heterocycles. The van der Waals surface area contributed by atoms with Crippen LogP contribution in [-0.4, -0.2) is 0 Å². The van der Waals surface area contributed by atoms with Crippen molar-refractivity contribution < 1.29 is 13.2 Å². The number of hydrazine groups is 1. The van der Waals surface area contributed by atoms with Crippen molar-refractivity contribution in [3.8, 4) is 0 Å². The van der Waals surface area contributed by atoms with E-state index in [1.54, 1.807) is 6.07 Å². The Morgan fingerprint density at radius 1 is 1.35 bits per heavy atom. The van der Waals surface area contributed by atoms with Crippen LogP contribution >= 0.6 is 0 Å². The third kappa shape index (κ3) is 3.33. The highest BCUT2D eigenvalue weighted by atomic mass is 19.4. The van der Waals surface area contributed by atoms with Crippen LogP contribution in [-0.2, 0) is 6.18 Å². The summed E-state index contributed by atoms with van der Waals surface area (Å²) >= 11 is 0. The minimum absolute atomic E-state index is 0.200. The molecule has 1 aliphatic carbocycles. The largest absolute Gasteiger partial charge is 0.416 e. The normalized spacial score (nSPS) is 24.9. The van der Waals surface area contributed by atoms with Gasteiger partial charge in [-0.15, -0.1) is 0 Å². The van der Waals surface area contributed by atoms with Crippen molar-refractivity contribution in [2.24, 2.45) is 17.7 Å². The minimum Gasteiger partial charge on any atom is -0.271 e. The molecule has 0 heterocycles. The first-order valence-electron chi connectivity index (χ1n) is 7.09. The molecule has 20 heavy (non-hydrogen) atoms. The van der Waals surface area contributed by atoms with Crippen molar-refractivity contribution in [2.45, 2.75) is 44.8 Å². The Morgan fingerprint density at radius 3 is 2.65 bits per heavy atom. The Hall–Kier alpha value is -1.07. The summed E-state index contributed by atoms with van der Waals surface area (Å²) in [5, 5.41) is 0. The molecule has 0 saturated heterocycles. The van der Waals surface area contributed by atoms with E-state index in [1.807, 2.05) is 0 Å². The first-order valence-corrected chi connectivity index (χ1v) is 7.09. The van der Waals surface area contributed by atoms with Gasteiger partial charge in [-0.05, 0) is 42.4 Å². The van der Waals surface area contributed by atoms with Crippen molar-refractivity contribution in [3.05, 3.63) is 35.4 Å². The van der Waals surface area contributed by atoms with Crippen LogP contribution in [0.4, 0.5) is 13.2 Å². The molecular formula is C15H21F3N2. The second-order valence-corrected chi connectivity index (χ2v) is 5.61. The molecule has 1 aromatic carbocycles. The second kappa shape index (κ2) is 6.14. The van der Waals surface area contributed by atoms with Crippen molar-refractivity contribution >= 4 is 0 Å². The molecule has 1 saturated carbocycles. The lowest BCUT2D eigenvalue weighted by Crippen LogP contribution is -2.33. The first kappa shape index (κ1) is 15.3. The lowest BCUT2D eigenvalue weighted by Gasteiger charge is -2.24. The molecule has 1 fully saturated rings. The summed E-state index contributed by atoms with van der Waals surface area (Å²) in [6.07, 6.45) is -0.00326. The Balaban J connectivity index is 2.20. The summed E-state index contributed by atoms with van der Waals surface area (Å²) in [6, 6.07) is 5.28. The van der Waals surface area contributed by atoms with Gasteiger partial charge in [0.2, 0.25) is 0 Å². The number of nitrogens with two attached hydrogens (primary N) is 1. The second-order valence-electron chi connectivity index (χ2n) is 5.61. The van der Waals surface area contributed by atoms with Crippen LogP contribution in [0.15, 0.2) is 24.3 Å². The summed E-state index contributed by atoms with van der Waals surface area (Å²) in [5.74, 6) is 6.58. The third-order valence-corrected chi connectivity index (χ3v) is 4.38. The summed E-state index contributed by atoms with van der Waals surface area (Å²) in [5.41, 5.74) is 2.73. The summed E-state index contributed by atoms with van der Waals surface area (Å²) in [7, 11) is 0. The maximum absolute atomic E-state index is 12.8. The van der Waals surface area contributed by atoms with E-state index in [9.17, 15) is 13.2 Å². The monoisotopic (exact) mass is 286 g/mol. The van der Waals surface area contributed by atoms with Crippen LogP contribution in [0.1, 0.15) is 49.8 Å². The van der Waals surface area contributed by atoms with Gasteiger partial charge in [0.05, 0.1) is 5.56 Å². The Kier molecular flexibility index (Phi) is 4.70. The summed E-state index contributed by atoms with van der Waals surface area (Å²) < 4.78 is 38.3. The molecule has 0 radical (unpaired) electrons. The standard InChI is InChI=1S/C15H21F3N2/c1-2-10-6-7-12(8-10)14(20-19)11-4-3-5-13(9-11)15(16,17)18/h3-5,9-10,12,14,20H,2,6-8,19H2,1H3. The van der Waals surface area contributed by atoms with E-state index >= 15 is 0 Å². The molecule has 3 unspecified atom stereocenters. The number of halogens is 3. The van der Waals surface area contributed by atoms with E-state index in [1.165, 1.54) is 12.1 Å². The molecular weight excluding hydrogens is 265 g/mol. The van der Waals surface area contributed by atoms with Gasteiger partial charge in [-0.25, -0.2) is 0 Å². The zero-order valence-corrected chi connectivity index (χ0v) is 11.6. The zero-order chi connectivity index (χ0) is 14.8. The number of hydrogen-bond acceptors (Lipinski definition) is 2. The fraction of sp³-hybridized carbons (Fsp3) is 0.600. The van der Waals surface area contributed by atoms with Crippen molar-refractivity contribution in [1.82, 2.24) is 5.43 Å².